The lowest BCUT2D eigenvalue weighted by Crippen LogP contribution is -2.31. The summed E-state index contributed by atoms with van der Waals surface area (Å²) in [6.07, 6.45) is 7.30. The van der Waals surface area contributed by atoms with Gasteiger partial charge in [0.2, 0.25) is 0 Å². The summed E-state index contributed by atoms with van der Waals surface area (Å²) in [4.78, 5) is 0. The SMILES string of the molecule is CC1(C)CCCC(C2(O)CC2)C1. The van der Waals surface area contributed by atoms with Gasteiger partial charge in [0.25, 0.3) is 0 Å². The number of rotatable bonds is 1. The molecule has 0 aliphatic heterocycles. The van der Waals surface area contributed by atoms with E-state index in [1.54, 1.807) is 0 Å². The van der Waals surface area contributed by atoms with Crippen LogP contribution >= 0.6 is 0 Å². The maximum Gasteiger partial charge on any atom is 0.0678 e. The van der Waals surface area contributed by atoms with Crippen molar-refractivity contribution in [2.75, 3.05) is 0 Å². The highest BCUT2D eigenvalue weighted by molar-refractivity contribution is 5.01. The molecule has 70 valence electrons. The number of hydrogen-bond donors (Lipinski definition) is 1. The molecule has 1 unspecified atom stereocenters. The molecule has 1 nitrogen and oxygen atoms in total. The minimum Gasteiger partial charge on any atom is -0.390 e. The molecule has 12 heavy (non-hydrogen) atoms. The van der Waals surface area contributed by atoms with Gasteiger partial charge < -0.3 is 5.11 Å². The van der Waals surface area contributed by atoms with Crippen LogP contribution in [0, 0.1) is 11.3 Å². The van der Waals surface area contributed by atoms with Crippen molar-refractivity contribution in [3.8, 4) is 0 Å². The van der Waals surface area contributed by atoms with Crippen LogP contribution in [-0.4, -0.2) is 10.7 Å². The summed E-state index contributed by atoms with van der Waals surface area (Å²) in [6, 6.07) is 0. The molecule has 2 fully saturated rings. The van der Waals surface area contributed by atoms with Gasteiger partial charge >= 0.3 is 0 Å². The van der Waals surface area contributed by atoms with Gasteiger partial charge in [-0.15, -0.1) is 0 Å². The lowest BCUT2D eigenvalue weighted by atomic mass is 9.70. The first kappa shape index (κ1) is 8.55. The van der Waals surface area contributed by atoms with Gasteiger partial charge in [0.05, 0.1) is 5.60 Å². The summed E-state index contributed by atoms with van der Waals surface area (Å²) < 4.78 is 0. The van der Waals surface area contributed by atoms with Crippen molar-refractivity contribution in [2.45, 2.75) is 58.0 Å². The van der Waals surface area contributed by atoms with E-state index < -0.39 is 0 Å². The maximum atomic E-state index is 9.99. The number of hydrogen-bond acceptors (Lipinski definition) is 1. The second-order valence-corrected chi connectivity index (χ2v) is 5.56. The van der Waals surface area contributed by atoms with E-state index in [1.807, 2.05) is 0 Å². The van der Waals surface area contributed by atoms with Gasteiger partial charge in [-0.25, -0.2) is 0 Å². The quantitative estimate of drug-likeness (QED) is 0.638. The van der Waals surface area contributed by atoms with E-state index in [1.165, 1.54) is 25.7 Å². The van der Waals surface area contributed by atoms with E-state index in [9.17, 15) is 5.11 Å². The first-order valence-electron chi connectivity index (χ1n) is 5.24. The highest BCUT2D eigenvalue weighted by Gasteiger charge is 2.49. The zero-order chi connectivity index (χ0) is 8.82. The molecule has 0 aromatic carbocycles. The average molecular weight is 168 g/mol. The molecule has 2 aliphatic carbocycles. The summed E-state index contributed by atoms with van der Waals surface area (Å²) in [7, 11) is 0. The molecule has 0 aromatic rings. The molecule has 0 spiro atoms. The molecule has 1 N–H and O–H groups in total. The maximum absolute atomic E-state index is 9.99. The lowest BCUT2D eigenvalue weighted by molar-refractivity contribution is 0.0269. The topological polar surface area (TPSA) is 20.2 Å². The van der Waals surface area contributed by atoms with Crippen molar-refractivity contribution in [3.05, 3.63) is 0 Å². The van der Waals surface area contributed by atoms with Gasteiger partial charge in [-0.2, -0.15) is 0 Å². The van der Waals surface area contributed by atoms with Gasteiger partial charge in [-0.05, 0) is 43.4 Å². The minimum absolute atomic E-state index is 0.225. The summed E-state index contributed by atoms with van der Waals surface area (Å²) in [5, 5.41) is 9.99. The Bertz CT molecular complexity index is 179. The zero-order valence-corrected chi connectivity index (χ0v) is 8.27. The van der Waals surface area contributed by atoms with Crippen LogP contribution < -0.4 is 0 Å². The molecule has 1 heteroatoms. The monoisotopic (exact) mass is 168 g/mol. The van der Waals surface area contributed by atoms with E-state index in [-0.39, 0.29) is 5.60 Å². The molecule has 0 radical (unpaired) electrons. The van der Waals surface area contributed by atoms with Crippen LogP contribution in [-0.2, 0) is 0 Å². The Kier molecular flexibility index (Phi) is 1.76. The van der Waals surface area contributed by atoms with Gasteiger partial charge in [-0.3, -0.25) is 0 Å². The molecule has 2 saturated carbocycles. The Morgan fingerprint density at radius 3 is 2.33 bits per heavy atom. The average Bonchev–Trinajstić information content (AvgIpc) is 2.67. The normalized spacial score (nSPS) is 37.8. The Hall–Kier alpha value is -0.0400. The molecule has 1 atom stereocenters. The molecule has 0 amide bonds. The highest BCUT2D eigenvalue weighted by Crippen LogP contribution is 2.52. The van der Waals surface area contributed by atoms with Crippen molar-refractivity contribution in [1.82, 2.24) is 0 Å². The van der Waals surface area contributed by atoms with Crippen LogP contribution in [0.4, 0.5) is 0 Å². The van der Waals surface area contributed by atoms with E-state index in [0.717, 1.165) is 12.8 Å². The van der Waals surface area contributed by atoms with Crippen molar-refractivity contribution >= 4 is 0 Å². The summed E-state index contributed by atoms with van der Waals surface area (Å²) >= 11 is 0. The fourth-order valence-electron chi connectivity index (χ4n) is 2.69. The van der Waals surface area contributed by atoms with Crippen LogP contribution in [0.15, 0.2) is 0 Å². The van der Waals surface area contributed by atoms with Crippen LogP contribution in [0.1, 0.15) is 52.4 Å². The minimum atomic E-state index is -0.225. The van der Waals surface area contributed by atoms with E-state index in [0.29, 0.717) is 11.3 Å². The largest absolute Gasteiger partial charge is 0.390 e. The Balaban J connectivity index is 1.99. The standard InChI is InChI=1S/C11H20O/c1-10(2)5-3-4-9(8-10)11(12)6-7-11/h9,12H,3-8H2,1-2H3. The van der Waals surface area contributed by atoms with Gasteiger partial charge in [0.1, 0.15) is 0 Å². The fraction of sp³-hybridized carbons (Fsp3) is 1.00. The Labute approximate surface area is 75.2 Å². The highest BCUT2D eigenvalue weighted by atomic mass is 16.3. The van der Waals surface area contributed by atoms with E-state index >= 15 is 0 Å². The van der Waals surface area contributed by atoms with Crippen LogP contribution in [0.3, 0.4) is 0 Å². The van der Waals surface area contributed by atoms with Crippen molar-refractivity contribution in [3.63, 3.8) is 0 Å². The van der Waals surface area contributed by atoms with Crippen LogP contribution in [0.2, 0.25) is 0 Å². The van der Waals surface area contributed by atoms with Gasteiger partial charge in [0.15, 0.2) is 0 Å². The van der Waals surface area contributed by atoms with E-state index in [4.69, 9.17) is 0 Å². The first-order valence-corrected chi connectivity index (χ1v) is 5.24. The second-order valence-electron chi connectivity index (χ2n) is 5.56. The van der Waals surface area contributed by atoms with E-state index in [2.05, 4.69) is 13.8 Å². The van der Waals surface area contributed by atoms with Crippen molar-refractivity contribution < 1.29 is 5.11 Å². The molecule has 2 rings (SSSR count). The third-order valence-electron chi connectivity index (χ3n) is 3.73. The molecule has 0 saturated heterocycles. The molecular formula is C11H20O. The Morgan fingerprint density at radius 2 is 1.83 bits per heavy atom. The van der Waals surface area contributed by atoms with Crippen LogP contribution in [0.5, 0.6) is 0 Å². The summed E-state index contributed by atoms with van der Waals surface area (Å²) in [6.45, 7) is 4.68. The molecule has 0 bridgehead atoms. The predicted molar refractivity (Wildman–Crippen MR) is 49.9 cm³/mol. The molecule has 0 aromatic heterocycles. The van der Waals surface area contributed by atoms with Crippen molar-refractivity contribution in [2.24, 2.45) is 11.3 Å². The molecule has 0 heterocycles. The van der Waals surface area contributed by atoms with Crippen molar-refractivity contribution in [1.29, 1.82) is 0 Å². The second kappa shape index (κ2) is 2.47. The fourth-order valence-corrected chi connectivity index (χ4v) is 2.69. The summed E-state index contributed by atoms with van der Waals surface area (Å²) in [5.41, 5.74) is 0.263. The Morgan fingerprint density at radius 1 is 1.17 bits per heavy atom. The smallest absolute Gasteiger partial charge is 0.0678 e. The van der Waals surface area contributed by atoms with Gasteiger partial charge in [-0.1, -0.05) is 20.3 Å². The lowest BCUT2D eigenvalue weighted by Gasteiger charge is -2.37. The third-order valence-corrected chi connectivity index (χ3v) is 3.73. The number of aliphatic hydroxyl groups is 1. The summed E-state index contributed by atoms with van der Waals surface area (Å²) in [5.74, 6) is 0.612. The molecular weight excluding hydrogens is 148 g/mol. The molecule has 2 aliphatic rings. The van der Waals surface area contributed by atoms with Gasteiger partial charge in [0, 0.05) is 0 Å². The predicted octanol–water partition coefficient (Wildman–Crippen LogP) is 2.73. The zero-order valence-electron chi connectivity index (χ0n) is 8.27. The third kappa shape index (κ3) is 1.52. The first-order chi connectivity index (χ1) is 5.52. The van der Waals surface area contributed by atoms with Crippen LogP contribution in [0.25, 0.3) is 0 Å².